The largest absolute Gasteiger partial charge is 0.465 e. The minimum absolute atomic E-state index is 0.0800. The Kier molecular flexibility index (Phi) is 5.99. The Labute approximate surface area is 146 Å². The molecular weight excluding hydrogens is 350 g/mol. The van der Waals surface area contributed by atoms with E-state index in [0.29, 0.717) is 10.6 Å². The van der Waals surface area contributed by atoms with E-state index >= 15 is 0 Å². The molecule has 128 valence electrons. The van der Waals surface area contributed by atoms with Gasteiger partial charge in [0.25, 0.3) is 0 Å². The zero-order chi connectivity index (χ0) is 17.7. The summed E-state index contributed by atoms with van der Waals surface area (Å²) < 4.78 is 32.5. The summed E-state index contributed by atoms with van der Waals surface area (Å²) in [5.41, 5.74) is 1.39. The van der Waals surface area contributed by atoms with Gasteiger partial charge in [0.1, 0.15) is 6.04 Å². The van der Waals surface area contributed by atoms with Gasteiger partial charge in [-0.2, -0.15) is 4.72 Å². The van der Waals surface area contributed by atoms with Crippen molar-refractivity contribution in [3.8, 4) is 0 Å². The van der Waals surface area contributed by atoms with Crippen LogP contribution in [0.25, 0.3) is 0 Å². The van der Waals surface area contributed by atoms with Crippen molar-refractivity contribution in [3.63, 3.8) is 0 Å². The third-order valence-corrected chi connectivity index (χ3v) is 5.02. The molecule has 0 fully saturated rings. The Hall–Kier alpha value is -1.89. The van der Waals surface area contributed by atoms with Crippen LogP contribution in [-0.4, -0.2) is 21.0 Å². The SMILES string of the molecule is CCOC(=O)C(NS(=O)(=O)c1ccc(C)cc1)c1ccc(Cl)cc1. The fourth-order valence-corrected chi connectivity index (χ4v) is 3.37. The summed E-state index contributed by atoms with van der Waals surface area (Å²) in [4.78, 5) is 12.3. The molecule has 2 aromatic rings. The Bertz CT molecular complexity index is 801. The number of sulfonamides is 1. The van der Waals surface area contributed by atoms with Crippen molar-refractivity contribution in [1.29, 1.82) is 0 Å². The van der Waals surface area contributed by atoms with Gasteiger partial charge in [-0.3, -0.25) is 0 Å². The van der Waals surface area contributed by atoms with Gasteiger partial charge in [0.15, 0.2) is 0 Å². The Morgan fingerprint density at radius 2 is 1.71 bits per heavy atom. The first-order chi connectivity index (χ1) is 11.3. The lowest BCUT2D eigenvalue weighted by molar-refractivity contribution is -0.145. The normalized spacial score (nSPS) is 12.6. The van der Waals surface area contributed by atoms with Crippen LogP contribution >= 0.6 is 11.6 Å². The summed E-state index contributed by atoms with van der Waals surface area (Å²) >= 11 is 5.85. The van der Waals surface area contributed by atoms with Crippen LogP contribution in [0.3, 0.4) is 0 Å². The molecule has 0 aliphatic heterocycles. The quantitative estimate of drug-likeness (QED) is 0.795. The molecule has 0 heterocycles. The van der Waals surface area contributed by atoms with Gasteiger partial charge in [-0.25, -0.2) is 13.2 Å². The second kappa shape index (κ2) is 7.79. The molecule has 0 spiro atoms. The van der Waals surface area contributed by atoms with Crippen molar-refractivity contribution in [3.05, 3.63) is 64.7 Å². The molecule has 2 rings (SSSR count). The molecule has 7 heteroatoms. The zero-order valence-corrected chi connectivity index (χ0v) is 14.9. The van der Waals surface area contributed by atoms with Crippen LogP contribution in [-0.2, 0) is 19.6 Å². The van der Waals surface area contributed by atoms with Gasteiger partial charge in [0, 0.05) is 5.02 Å². The van der Waals surface area contributed by atoms with E-state index in [0.717, 1.165) is 5.56 Å². The highest BCUT2D eigenvalue weighted by Gasteiger charge is 2.28. The fraction of sp³-hybridized carbons (Fsp3) is 0.235. The second-order valence-corrected chi connectivity index (χ2v) is 7.32. The Balaban J connectivity index is 2.35. The summed E-state index contributed by atoms with van der Waals surface area (Å²) in [5, 5.41) is 0.489. The van der Waals surface area contributed by atoms with Crippen molar-refractivity contribution in [1.82, 2.24) is 4.72 Å². The highest BCUT2D eigenvalue weighted by Crippen LogP contribution is 2.21. The number of hydrogen-bond acceptors (Lipinski definition) is 4. The Morgan fingerprint density at radius 1 is 1.12 bits per heavy atom. The van der Waals surface area contributed by atoms with Crippen LogP contribution in [0, 0.1) is 6.92 Å². The van der Waals surface area contributed by atoms with Gasteiger partial charge in [-0.15, -0.1) is 0 Å². The predicted octanol–water partition coefficient (Wildman–Crippen LogP) is 3.23. The van der Waals surface area contributed by atoms with Crippen LogP contribution in [0.1, 0.15) is 24.1 Å². The maximum atomic E-state index is 12.6. The van der Waals surface area contributed by atoms with E-state index in [1.165, 1.54) is 12.1 Å². The van der Waals surface area contributed by atoms with Crippen molar-refractivity contribution < 1.29 is 17.9 Å². The third kappa shape index (κ3) is 4.56. The Morgan fingerprint density at radius 3 is 2.25 bits per heavy atom. The summed E-state index contributed by atoms with van der Waals surface area (Å²) in [5.74, 6) is -0.671. The smallest absolute Gasteiger partial charge is 0.328 e. The fourth-order valence-electron chi connectivity index (χ4n) is 2.07. The molecule has 2 aromatic carbocycles. The number of carbonyl (C=O) groups excluding carboxylic acids is 1. The zero-order valence-electron chi connectivity index (χ0n) is 13.3. The number of hydrogen-bond donors (Lipinski definition) is 1. The molecule has 0 aliphatic rings. The number of aryl methyl sites for hydroxylation is 1. The molecule has 24 heavy (non-hydrogen) atoms. The van der Waals surface area contributed by atoms with Crippen LogP contribution in [0.15, 0.2) is 53.4 Å². The maximum Gasteiger partial charge on any atom is 0.328 e. The van der Waals surface area contributed by atoms with Crippen LogP contribution < -0.4 is 4.72 Å². The first-order valence-electron chi connectivity index (χ1n) is 7.34. The minimum atomic E-state index is -3.88. The first-order valence-corrected chi connectivity index (χ1v) is 9.20. The van der Waals surface area contributed by atoms with E-state index in [4.69, 9.17) is 16.3 Å². The molecule has 1 atom stereocenters. The third-order valence-electron chi connectivity index (χ3n) is 3.33. The average molecular weight is 368 g/mol. The van der Waals surface area contributed by atoms with Crippen LogP contribution in [0.5, 0.6) is 0 Å². The first kappa shape index (κ1) is 18.4. The van der Waals surface area contributed by atoms with Gasteiger partial charge in [-0.05, 0) is 43.7 Å². The van der Waals surface area contributed by atoms with Crippen LogP contribution in [0.4, 0.5) is 0 Å². The number of rotatable bonds is 6. The van der Waals surface area contributed by atoms with Crippen molar-refractivity contribution in [2.24, 2.45) is 0 Å². The van der Waals surface area contributed by atoms with Gasteiger partial charge >= 0.3 is 5.97 Å². The van der Waals surface area contributed by atoms with E-state index < -0.39 is 22.0 Å². The molecule has 0 amide bonds. The maximum absolute atomic E-state index is 12.6. The van der Waals surface area contributed by atoms with Crippen LogP contribution in [0.2, 0.25) is 5.02 Å². The summed E-state index contributed by atoms with van der Waals surface area (Å²) in [6.45, 7) is 3.67. The average Bonchev–Trinajstić information content (AvgIpc) is 2.54. The number of esters is 1. The molecule has 5 nitrogen and oxygen atoms in total. The lowest BCUT2D eigenvalue weighted by Crippen LogP contribution is -2.35. The number of ether oxygens (including phenoxy) is 1. The highest BCUT2D eigenvalue weighted by molar-refractivity contribution is 7.89. The molecule has 0 aliphatic carbocycles. The van der Waals surface area contributed by atoms with Gasteiger partial charge in [0.05, 0.1) is 11.5 Å². The molecule has 1 unspecified atom stereocenters. The van der Waals surface area contributed by atoms with E-state index in [9.17, 15) is 13.2 Å². The van der Waals surface area contributed by atoms with E-state index in [-0.39, 0.29) is 11.5 Å². The molecular formula is C17H18ClNO4S. The van der Waals surface area contributed by atoms with E-state index in [2.05, 4.69) is 4.72 Å². The molecule has 0 radical (unpaired) electrons. The lowest BCUT2D eigenvalue weighted by atomic mass is 10.1. The van der Waals surface area contributed by atoms with E-state index in [1.54, 1.807) is 43.3 Å². The molecule has 0 saturated carbocycles. The molecule has 0 aromatic heterocycles. The minimum Gasteiger partial charge on any atom is -0.465 e. The summed E-state index contributed by atoms with van der Waals surface area (Å²) in [7, 11) is -3.88. The van der Waals surface area contributed by atoms with Gasteiger partial charge in [0.2, 0.25) is 10.0 Å². The van der Waals surface area contributed by atoms with Gasteiger partial charge < -0.3 is 4.74 Å². The topological polar surface area (TPSA) is 72.5 Å². The number of carbonyl (C=O) groups is 1. The number of nitrogens with one attached hydrogen (secondary N) is 1. The van der Waals surface area contributed by atoms with Crippen molar-refractivity contribution >= 4 is 27.6 Å². The predicted molar refractivity (Wildman–Crippen MR) is 92.3 cm³/mol. The second-order valence-electron chi connectivity index (χ2n) is 5.17. The molecule has 0 bridgehead atoms. The molecule has 1 N–H and O–H groups in total. The highest BCUT2D eigenvalue weighted by atomic mass is 35.5. The van der Waals surface area contributed by atoms with E-state index in [1.807, 2.05) is 6.92 Å². The molecule has 0 saturated heterocycles. The van der Waals surface area contributed by atoms with Crippen molar-refractivity contribution in [2.75, 3.05) is 6.61 Å². The lowest BCUT2D eigenvalue weighted by Gasteiger charge is -2.18. The monoisotopic (exact) mass is 367 g/mol. The summed E-state index contributed by atoms with van der Waals surface area (Å²) in [6.07, 6.45) is 0. The summed E-state index contributed by atoms with van der Waals surface area (Å²) in [6, 6.07) is 11.6. The standard InChI is InChI=1S/C17H18ClNO4S/c1-3-23-17(20)16(13-6-8-14(18)9-7-13)19-24(21,22)15-10-4-12(2)5-11-15/h4-11,16,19H,3H2,1-2H3. The van der Waals surface area contributed by atoms with Gasteiger partial charge in [-0.1, -0.05) is 41.4 Å². The van der Waals surface area contributed by atoms with Crippen molar-refractivity contribution in [2.45, 2.75) is 24.8 Å². The number of halogens is 1. The number of benzene rings is 2.